The maximum absolute atomic E-state index is 11.7. The standard InChI is InChI=1S/C16H22N2O2S/c1-2-12(19)10-11-17-15(20)8-5-9-16-18-13-6-3-4-7-14(13)21-16/h3-4,6-7,12,19H,2,5,8-11H2,1H3,(H,17,20). The van der Waals surface area contributed by atoms with Gasteiger partial charge in [0.25, 0.3) is 0 Å². The second kappa shape index (κ2) is 8.10. The first-order valence-electron chi connectivity index (χ1n) is 7.48. The van der Waals surface area contributed by atoms with Crippen LogP contribution >= 0.6 is 11.3 Å². The van der Waals surface area contributed by atoms with Gasteiger partial charge in [0.2, 0.25) is 5.91 Å². The summed E-state index contributed by atoms with van der Waals surface area (Å²) in [6.45, 7) is 2.49. The second-order valence-electron chi connectivity index (χ2n) is 5.13. The van der Waals surface area contributed by atoms with Crippen LogP contribution in [0.15, 0.2) is 24.3 Å². The number of aromatic nitrogens is 1. The number of aryl methyl sites for hydroxylation is 1. The molecule has 2 N–H and O–H groups in total. The predicted molar refractivity (Wildman–Crippen MR) is 86.5 cm³/mol. The molecule has 1 aromatic heterocycles. The van der Waals surface area contributed by atoms with Crippen LogP contribution in [-0.2, 0) is 11.2 Å². The molecular weight excluding hydrogens is 284 g/mol. The lowest BCUT2D eigenvalue weighted by atomic mass is 10.2. The largest absolute Gasteiger partial charge is 0.393 e. The number of aliphatic hydroxyl groups is 1. The molecule has 0 saturated carbocycles. The molecule has 0 aliphatic heterocycles. The fraction of sp³-hybridized carbons (Fsp3) is 0.500. The van der Waals surface area contributed by atoms with Crippen molar-refractivity contribution < 1.29 is 9.90 Å². The molecule has 2 aromatic rings. The SMILES string of the molecule is CCC(O)CCNC(=O)CCCc1nc2ccccc2s1. The number of aliphatic hydroxyl groups excluding tert-OH is 1. The van der Waals surface area contributed by atoms with E-state index < -0.39 is 0 Å². The Labute approximate surface area is 129 Å². The highest BCUT2D eigenvalue weighted by Crippen LogP contribution is 2.22. The average molecular weight is 306 g/mol. The summed E-state index contributed by atoms with van der Waals surface area (Å²) >= 11 is 1.70. The first kappa shape index (κ1) is 15.9. The van der Waals surface area contributed by atoms with E-state index >= 15 is 0 Å². The maximum atomic E-state index is 11.7. The summed E-state index contributed by atoms with van der Waals surface area (Å²) in [7, 11) is 0. The molecule has 1 unspecified atom stereocenters. The quantitative estimate of drug-likeness (QED) is 0.788. The third-order valence-electron chi connectivity index (χ3n) is 3.40. The highest BCUT2D eigenvalue weighted by Gasteiger charge is 2.06. The number of amides is 1. The molecule has 0 aliphatic rings. The molecule has 4 nitrogen and oxygen atoms in total. The van der Waals surface area contributed by atoms with E-state index in [4.69, 9.17) is 0 Å². The smallest absolute Gasteiger partial charge is 0.220 e. The molecule has 5 heteroatoms. The van der Waals surface area contributed by atoms with Crippen molar-refractivity contribution in [3.63, 3.8) is 0 Å². The summed E-state index contributed by atoms with van der Waals surface area (Å²) in [5.74, 6) is 0.0550. The Morgan fingerprint density at radius 2 is 2.24 bits per heavy atom. The van der Waals surface area contributed by atoms with Crippen molar-refractivity contribution in [1.82, 2.24) is 10.3 Å². The second-order valence-corrected chi connectivity index (χ2v) is 6.24. The summed E-state index contributed by atoms with van der Waals surface area (Å²) in [5, 5.41) is 13.3. The van der Waals surface area contributed by atoms with Gasteiger partial charge in [0.15, 0.2) is 0 Å². The number of fused-ring (bicyclic) bond motifs is 1. The van der Waals surface area contributed by atoms with Gasteiger partial charge in [0, 0.05) is 13.0 Å². The zero-order chi connectivity index (χ0) is 15.1. The number of hydrogen-bond acceptors (Lipinski definition) is 4. The van der Waals surface area contributed by atoms with E-state index in [0.717, 1.165) is 29.8 Å². The van der Waals surface area contributed by atoms with Gasteiger partial charge in [-0.25, -0.2) is 4.98 Å². The highest BCUT2D eigenvalue weighted by molar-refractivity contribution is 7.18. The molecular formula is C16H22N2O2S. The lowest BCUT2D eigenvalue weighted by Gasteiger charge is -2.08. The van der Waals surface area contributed by atoms with E-state index in [1.165, 1.54) is 4.70 Å². The molecule has 0 bridgehead atoms. The number of para-hydroxylation sites is 1. The van der Waals surface area contributed by atoms with E-state index in [0.29, 0.717) is 19.4 Å². The van der Waals surface area contributed by atoms with Crippen LogP contribution in [0.25, 0.3) is 10.2 Å². The zero-order valence-corrected chi connectivity index (χ0v) is 13.2. The number of hydrogen-bond donors (Lipinski definition) is 2. The fourth-order valence-corrected chi connectivity index (χ4v) is 3.11. The monoisotopic (exact) mass is 306 g/mol. The van der Waals surface area contributed by atoms with Crippen LogP contribution in [0.5, 0.6) is 0 Å². The van der Waals surface area contributed by atoms with E-state index in [-0.39, 0.29) is 12.0 Å². The molecule has 0 radical (unpaired) electrons. The molecule has 1 atom stereocenters. The summed E-state index contributed by atoms with van der Waals surface area (Å²) in [4.78, 5) is 16.2. The van der Waals surface area contributed by atoms with Crippen LogP contribution in [0, 0.1) is 0 Å². The Hall–Kier alpha value is -1.46. The van der Waals surface area contributed by atoms with Crippen LogP contribution < -0.4 is 5.32 Å². The Morgan fingerprint density at radius 3 is 3.00 bits per heavy atom. The normalized spacial score (nSPS) is 12.5. The Balaban J connectivity index is 1.68. The van der Waals surface area contributed by atoms with Crippen molar-refractivity contribution in [1.29, 1.82) is 0 Å². The van der Waals surface area contributed by atoms with Gasteiger partial charge in [-0.1, -0.05) is 19.1 Å². The van der Waals surface area contributed by atoms with Crippen molar-refractivity contribution in [3.8, 4) is 0 Å². The van der Waals surface area contributed by atoms with Crippen molar-refractivity contribution in [2.24, 2.45) is 0 Å². The molecule has 1 heterocycles. The number of rotatable bonds is 8. The number of thiazole rings is 1. The van der Waals surface area contributed by atoms with Crippen LogP contribution in [0.4, 0.5) is 0 Å². The molecule has 0 fully saturated rings. The molecule has 2 rings (SSSR count). The molecule has 0 saturated heterocycles. The van der Waals surface area contributed by atoms with E-state index in [1.54, 1.807) is 11.3 Å². The van der Waals surface area contributed by atoms with Crippen LogP contribution in [0.2, 0.25) is 0 Å². The van der Waals surface area contributed by atoms with Gasteiger partial charge in [0.1, 0.15) is 0 Å². The number of carbonyl (C=O) groups is 1. The minimum atomic E-state index is -0.312. The summed E-state index contributed by atoms with van der Waals surface area (Å²) in [5.41, 5.74) is 1.04. The van der Waals surface area contributed by atoms with Gasteiger partial charge in [-0.05, 0) is 37.8 Å². The first-order chi connectivity index (χ1) is 10.2. The summed E-state index contributed by atoms with van der Waals surface area (Å²) < 4.78 is 1.20. The molecule has 21 heavy (non-hydrogen) atoms. The molecule has 0 aliphatic carbocycles. The fourth-order valence-electron chi connectivity index (χ4n) is 2.10. The van der Waals surface area contributed by atoms with Crippen molar-refractivity contribution in [2.75, 3.05) is 6.54 Å². The summed E-state index contributed by atoms with van der Waals surface area (Å²) in [6.07, 6.45) is 3.20. The third kappa shape index (κ3) is 5.10. The molecule has 0 spiro atoms. The Bertz CT molecular complexity index is 549. The van der Waals surface area contributed by atoms with Crippen LogP contribution in [0.3, 0.4) is 0 Å². The zero-order valence-electron chi connectivity index (χ0n) is 12.3. The van der Waals surface area contributed by atoms with Gasteiger partial charge in [-0.3, -0.25) is 4.79 Å². The topological polar surface area (TPSA) is 62.2 Å². The molecule has 114 valence electrons. The van der Waals surface area contributed by atoms with E-state index in [2.05, 4.69) is 16.4 Å². The lowest BCUT2D eigenvalue weighted by Crippen LogP contribution is -2.26. The van der Waals surface area contributed by atoms with Gasteiger partial charge < -0.3 is 10.4 Å². The van der Waals surface area contributed by atoms with Crippen LogP contribution in [0.1, 0.15) is 37.6 Å². The first-order valence-corrected chi connectivity index (χ1v) is 8.30. The van der Waals surface area contributed by atoms with Gasteiger partial charge in [-0.2, -0.15) is 0 Å². The van der Waals surface area contributed by atoms with Gasteiger partial charge in [0.05, 0.1) is 21.3 Å². The lowest BCUT2D eigenvalue weighted by molar-refractivity contribution is -0.121. The molecule has 1 amide bonds. The third-order valence-corrected chi connectivity index (χ3v) is 4.50. The Morgan fingerprint density at radius 1 is 1.43 bits per heavy atom. The maximum Gasteiger partial charge on any atom is 0.220 e. The number of nitrogens with one attached hydrogen (secondary N) is 1. The van der Waals surface area contributed by atoms with Crippen molar-refractivity contribution >= 4 is 27.5 Å². The van der Waals surface area contributed by atoms with Gasteiger partial charge in [-0.15, -0.1) is 11.3 Å². The number of carbonyl (C=O) groups excluding carboxylic acids is 1. The number of nitrogens with zero attached hydrogens (tertiary/aromatic N) is 1. The predicted octanol–water partition coefficient (Wildman–Crippen LogP) is 2.90. The Kier molecular flexibility index (Phi) is 6.14. The van der Waals surface area contributed by atoms with Crippen molar-refractivity contribution in [3.05, 3.63) is 29.3 Å². The highest BCUT2D eigenvalue weighted by atomic mass is 32.1. The van der Waals surface area contributed by atoms with E-state index in [9.17, 15) is 9.90 Å². The van der Waals surface area contributed by atoms with Crippen molar-refractivity contribution in [2.45, 2.75) is 45.1 Å². The average Bonchev–Trinajstić information content (AvgIpc) is 2.89. The minimum absolute atomic E-state index is 0.0550. The van der Waals surface area contributed by atoms with Crippen LogP contribution in [-0.4, -0.2) is 28.6 Å². The minimum Gasteiger partial charge on any atom is -0.393 e. The molecule has 1 aromatic carbocycles. The number of benzene rings is 1. The summed E-state index contributed by atoms with van der Waals surface area (Å²) in [6, 6.07) is 8.09. The van der Waals surface area contributed by atoms with Gasteiger partial charge >= 0.3 is 0 Å². The van der Waals surface area contributed by atoms with E-state index in [1.807, 2.05) is 25.1 Å².